The minimum atomic E-state index is -2.82. The summed E-state index contributed by atoms with van der Waals surface area (Å²) in [5.74, 6) is -0.634. The van der Waals surface area contributed by atoms with Crippen LogP contribution in [0.3, 0.4) is 0 Å². The van der Waals surface area contributed by atoms with Crippen LogP contribution in [0.1, 0.15) is 50.4 Å². The van der Waals surface area contributed by atoms with Gasteiger partial charge < -0.3 is 14.1 Å². The van der Waals surface area contributed by atoms with Crippen molar-refractivity contribution >= 4 is 6.09 Å². The van der Waals surface area contributed by atoms with Crippen LogP contribution in [0.4, 0.5) is 13.6 Å². The first-order valence-corrected chi connectivity index (χ1v) is 9.63. The molecule has 1 aliphatic rings. The molecule has 12 heteroatoms. The summed E-state index contributed by atoms with van der Waals surface area (Å²) in [6, 6.07) is 3.38. The zero-order valence-electron chi connectivity index (χ0n) is 17.2. The molecule has 31 heavy (non-hydrogen) atoms. The predicted octanol–water partition coefficient (Wildman–Crippen LogP) is 3.04. The second kappa shape index (κ2) is 8.00. The number of rotatable bonds is 5. The Hall–Kier alpha value is -3.44. The molecule has 164 valence electrons. The van der Waals surface area contributed by atoms with Crippen molar-refractivity contribution in [2.75, 3.05) is 13.1 Å². The first-order chi connectivity index (χ1) is 14.7. The van der Waals surface area contributed by atoms with Crippen LogP contribution >= 0.6 is 0 Å². The van der Waals surface area contributed by atoms with E-state index in [0.717, 1.165) is 5.69 Å². The third-order valence-corrected chi connectivity index (χ3v) is 4.53. The maximum Gasteiger partial charge on any atom is 0.410 e. The van der Waals surface area contributed by atoms with E-state index in [0.29, 0.717) is 30.9 Å². The number of likely N-dealkylation sites (tertiary alicyclic amines) is 1. The van der Waals surface area contributed by atoms with Gasteiger partial charge in [0.05, 0.1) is 23.5 Å². The van der Waals surface area contributed by atoms with Gasteiger partial charge in [0.25, 0.3) is 5.89 Å². The highest BCUT2D eigenvalue weighted by atomic mass is 19.3. The zero-order valence-corrected chi connectivity index (χ0v) is 17.2. The Morgan fingerprint density at radius 1 is 1.26 bits per heavy atom. The second-order valence-corrected chi connectivity index (χ2v) is 8.21. The van der Waals surface area contributed by atoms with Crippen molar-refractivity contribution < 1.29 is 22.7 Å². The third kappa shape index (κ3) is 4.84. The molecule has 1 saturated heterocycles. The van der Waals surface area contributed by atoms with E-state index in [9.17, 15) is 13.6 Å². The number of ether oxygens (including phenoxy) is 1. The van der Waals surface area contributed by atoms with Crippen molar-refractivity contribution in [3.8, 4) is 11.5 Å². The molecule has 0 aliphatic carbocycles. The van der Waals surface area contributed by atoms with E-state index in [2.05, 4.69) is 25.5 Å². The van der Waals surface area contributed by atoms with E-state index >= 15 is 0 Å². The molecule has 1 amide bonds. The molecule has 3 aromatic heterocycles. The molecule has 4 heterocycles. The van der Waals surface area contributed by atoms with Crippen LogP contribution in [0.2, 0.25) is 0 Å². The van der Waals surface area contributed by atoms with Crippen LogP contribution in [-0.4, -0.2) is 59.9 Å². The molecule has 1 aliphatic heterocycles. The summed E-state index contributed by atoms with van der Waals surface area (Å²) in [5, 5.41) is 15.2. The highest BCUT2D eigenvalue weighted by Crippen LogP contribution is 2.27. The lowest BCUT2D eigenvalue weighted by atomic mass is 9.98. The molecule has 0 spiro atoms. The maximum absolute atomic E-state index is 12.6. The summed E-state index contributed by atoms with van der Waals surface area (Å²) in [5.41, 5.74) is 1.40. The lowest BCUT2D eigenvalue weighted by Crippen LogP contribution is -2.50. The number of nitrogens with zero attached hydrogens (tertiary/aromatic N) is 7. The number of amides is 1. The molecule has 0 saturated carbocycles. The van der Waals surface area contributed by atoms with Gasteiger partial charge in [-0.15, -0.1) is 15.3 Å². The Balaban J connectivity index is 1.33. The van der Waals surface area contributed by atoms with Gasteiger partial charge in [0.2, 0.25) is 5.89 Å². The maximum atomic E-state index is 12.6. The number of carbonyl (C=O) groups is 1. The number of hydrogen-bond acceptors (Lipinski definition) is 8. The van der Waals surface area contributed by atoms with E-state index in [-0.39, 0.29) is 17.9 Å². The molecule has 0 unspecified atom stereocenters. The first kappa shape index (κ1) is 20.8. The second-order valence-electron chi connectivity index (χ2n) is 8.21. The molecule has 0 N–H and O–H groups in total. The summed E-state index contributed by atoms with van der Waals surface area (Å²) in [7, 11) is 0. The zero-order chi connectivity index (χ0) is 22.2. The first-order valence-electron chi connectivity index (χ1n) is 9.63. The molecule has 0 radical (unpaired) electrons. The Morgan fingerprint density at radius 3 is 2.65 bits per heavy atom. The lowest BCUT2D eigenvalue weighted by molar-refractivity contribution is 0.00786. The average Bonchev–Trinajstić information content (AvgIpc) is 3.30. The summed E-state index contributed by atoms with van der Waals surface area (Å²) in [6.45, 7) is 6.93. The highest BCUT2D eigenvalue weighted by molar-refractivity contribution is 5.69. The average molecular weight is 433 g/mol. The molecule has 0 bridgehead atoms. The van der Waals surface area contributed by atoms with Crippen molar-refractivity contribution in [2.24, 2.45) is 0 Å². The van der Waals surface area contributed by atoms with Crippen molar-refractivity contribution in [2.45, 2.75) is 45.3 Å². The number of pyridine rings is 1. The van der Waals surface area contributed by atoms with E-state index in [4.69, 9.17) is 9.15 Å². The van der Waals surface area contributed by atoms with Crippen LogP contribution in [0.15, 0.2) is 28.9 Å². The minimum Gasteiger partial charge on any atom is -0.444 e. The van der Waals surface area contributed by atoms with Gasteiger partial charge in [0.1, 0.15) is 5.60 Å². The van der Waals surface area contributed by atoms with Crippen LogP contribution in [-0.2, 0) is 11.3 Å². The van der Waals surface area contributed by atoms with Crippen LogP contribution < -0.4 is 0 Å². The fourth-order valence-electron chi connectivity index (χ4n) is 2.97. The number of carbonyl (C=O) groups excluding carboxylic acids is 1. The highest BCUT2D eigenvalue weighted by Gasteiger charge is 2.36. The van der Waals surface area contributed by atoms with Crippen LogP contribution in [0.25, 0.3) is 11.5 Å². The van der Waals surface area contributed by atoms with Crippen molar-refractivity contribution in [1.29, 1.82) is 0 Å². The van der Waals surface area contributed by atoms with Crippen molar-refractivity contribution in [3.05, 3.63) is 41.8 Å². The lowest BCUT2D eigenvalue weighted by Gasteiger charge is -2.38. The smallest absolute Gasteiger partial charge is 0.410 e. The van der Waals surface area contributed by atoms with Crippen molar-refractivity contribution in [1.82, 2.24) is 35.1 Å². The Morgan fingerprint density at radius 2 is 2.03 bits per heavy atom. The van der Waals surface area contributed by atoms with Gasteiger partial charge in [-0.1, -0.05) is 5.21 Å². The fourth-order valence-corrected chi connectivity index (χ4v) is 2.97. The van der Waals surface area contributed by atoms with E-state index in [1.165, 1.54) is 6.20 Å². The number of halogens is 2. The molecule has 0 atom stereocenters. The summed E-state index contributed by atoms with van der Waals surface area (Å²) in [4.78, 5) is 18.0. The molecular formula is C19H21F2N7O3. The summed E-state index contributed by atoms with van der Waals surface area (Å²) in [6.07, 6.45) is 0.143. The Bertz CT molecular complexity index is 1050. The monoisotopic (exact) mass is 433 g/mol. The van der Waals surface area contributed by atoms with Gasteiger partial charge in [-0.05, 0) is 32.9 Å². The van der Waals surface area contributed by atoms with Crippen LogP contribution in [0.5, 0.6) is 0 Å². The normalized spacial score (nSPS) is 14.7. The van der Waals surface area contributed by atoms with Gasteiger partial charge >= 0.3 is 12.5 Å². The fraction of sp³-hybridized carbons (Fsp3) is 0.474. The van der Waals surface area contributed by atoms with Crippen molar-refractivity contribution in [3.63, 3.8) is 0 Å². The van der Waals surface area contributed by atoms with Gasteiger partial charge in [-0.3, -0.25) is 4.98 Å². The van der Waals surface area contributed by atoms with Gasteiger partial charge in [0.15, 0.2) is 0 Å². The van der Waals surface area contributed by atoms with E-state index in [1.54, 1.807) is 21.7 Å². The number of hydrogen-bond donors (Lipinski definition) is 0. The Labute approximate surface area is 176 Å². The molecular weight excluding hydrogens is 412 g/mol. The van der Waals surface area contributed by atoms with Crippen LogP contribution in [0, 0.1) is 0 Å². The summed E-state index contributed by atoms with van der Waals surface area (Å²) >= 11 is 0. The standard InChI is InChI=1S/C19H21F2N7O3/c1-19(2,3)31-18(29)27-7-12(8-27)14-10-28(26-23-14)9-13-5-4-11(6-22-13)16-24-25-17(30-16)15(20)21/h4-6,10,12,15H,7-9H2,1-3H3. The van der Waals surface area contributed by atoms with Gasteiger partial charge in [-0.25, -0.2) is 9.48 Å². The minimum absolute atomic E-state index is 0.0167. The van der Waals surface area contributed by atoms with Gasteiger partial charge in [-0.2, -0.15) is 8.78 Å². The molecule has 4 rings (SSSR count). The third-order valence-electron chi connectivity index (χ3n) is 4.53. The Kier molecular flexibility index (Phi) is 5.38. The quantitative estimate of drug-likeness (QED) is 0.604. The molecule has 3 aromatic rings. The number of alkyl halides is 2. The molecule has 10 nitrogen and oxygen atoms in total. The van der Waals surface area contributed by atoms with E-state index in [1.807, 2.05) is 27.0 Å². The van der Waals surface area contributed by atoms with Gasteiger partial charge in [0, 0.05) is 31.4 Å². The van der Waals surface area contributed by atoms with E-state index < -0.39 is 17.9 Å². The SMILES string of the molecule is CC(C)(C)OC(=O)N1CC(c2cn(Cc3ccc(-c4nnc(C(F)F)o4)cn3)nn2)C1. The molecule has 1 fully saturated rings. The largest absolute Gasteiger partial charge is 0.444 e. The predicted molar refractivity (Wildman–Crippen MR) is 102 cm³/mol. The topological polar surface area (TPSA) is 112 Å². The summed E-state index contributed by atoms with van der Waals surface area (Å²) < 4.78 is 37.0. The number of aromatic nitrogens is 6. The molecule has 0 aromatic carbocycles.